The van der Waals surface area contributed by atoms with E-state index < -0.39 is 18.8 Å². The standard InChI is InChI=1S/C8H17NO4/c1-2-3-4-9-8(12)13-6-7(11)5-10/h7,10-11H,2-6H2,1H3,(H,9,12). The smallest absolute Gasteiger partial charge is 0.407 e. The Labute approximate surface area is 77.7 Å². The highest BCUT2D eigenvalue weighted by Gasteiger charge is 2.05. The number of carbonyl (C=O) groups is 1. The molecule has 1 unspecified atom stereocenters. The largest absolute Gasteiger partial charge is 0.447 e. The van der Waals surface area contributed by atoms with Gasteiger partial charge in [0.15, 0.2) is 0 Å². The lowest BCUT2D eigenvalue weighted by molar-refractivity contribution is 0.0322. The van der Waals surface area contributed by atoms with Gasteiger partial charge in [-0.1, -0.05) is 13.3 Å². The first-order valence-corrected chi connectivity index (χ1v) is 4.40. The average molecular weight is 191 g/mol. The van der Waals surface area contributed by atoms with Crippen molar-refractivity contribution in [2.24, 2.45) is 0 Å². The average Bonchev–Trinajstić information content (AvgIpc) is 2.14. The molecule has 0 aromatic rings. The number of alkyl carbamates (subject to hydrolysis) is 1. The highest BCUT2D eigenvalue weighted by atomic mass is 16.6. The van der Waals surface area contributed by atoms with E-state index in [1.807, 2.05) is 6.92 Å². The molecular weight excluding hydrogens is 174 g/mol. The Morgan fingerprint density at radius 1 is 1.62 bits per heavy atom. The first-order chi connectivity index (χ1) is 6.20. The molecule has 3 N–H and O–H groups in total. The second-order valence-electron chi connectivity index (χ2n) is 2.72. The van der Waals surface area contributed by atoms with Gasteiger partial charge in [-0.25, -0.2) is 4.79 Å². The van der Waals surface area contributed by atoms with Crippen LogP contribution in [0.1, 0.15) is 19.8 Å². The molecular formula is C8H17NO4. The molecule has 1 atom stereocenters. The second kappa shape index (κ2) is 7.82. The van der Waals surface area contributed by atoms with Crippen molar-refractivity contribution in [3.63, 3.8) is 0 Å². The van der Waals surface area contributed by atoms with Crippen molar-refractivity contribution in [2.75, 3.05) is 19.8 Å². The molecule has 5 nitrogen and oxygen atoms in total. The van der Waals surface area contributed by atoms with Gasteiger partial charge in [-0.3, -0.25) is 0 Å². The normalized spacial score (nSPS) is 12.2. The zero-order valence-electron chi connectivity index (χ0n) is 7.82. The summed E-state index contributed by atoms with van der Waals surface area (Å²) in [6, 6.07) is 0. The summed E-state index contributed by atoms with van der Waals surface area (Å²) in [4.78, 5) is 10.8. The topological polar surface area (TPSA) is 78.8 Å². The van der Waals surface area contributed by atoms with E-state index in [0.29, 0.717) is 6.54 Å². The summed E-state index contributed by atoms with van der Waals surface area (Å²) < 4.78 is 4.58. The lowest BCUT2D eigenvalue weighted by Crippen LogP contribution is -2.29. The summed E-state index contributed by atoms with van der Waals surface area (Å²) in [5.74, 6) is 0. The lowest BCUT2D eigenvalue weighted by atomic mass is 10.3. The molecule has 0 heterocycles. The summed E-state index contributed by atoms with van der Waals surface area (Å²) in [5, 5.41) is 19.7. The number of aliphatic hydroxyl groups excluding tert-OH is 2. The number of carbonyl (C=O) groups excluding carboxylic acids is 1. The van der Waals surface area contributed by atoms with Gasteiger partial charge in [0.25, 0.3) is 0 Å². The zero-order valence-corrected chi connectivity index (χ0v) is 7.82. The Balaban J connectivity index is 3.30. The maximum Gasteiger partial charge on any atom is 0.407 e. The molecule has 0 radical (unpaired) electrons. The molecule has 0 saturated heterocycles. The molecule has 0 aromatic carbocycles. The molecule has 78 valence electrons. The predicted octanol–water partition coefficient (Wildman–Crippen LogP) is -0.134. The first-order valence-electron chi connectivity index (χ1n) is 4.40. The van der Waals surface area contributed by atoms with Crippen LogP contribution in [-0.2, 0) is 4.74 Å². The third-order valence-electron chi connectivity index (χ3n) is 1.42. The van der Waals surface area contributed by atoms with Crippen LogP contribution in [0.3, 0.4) is 0 Å². The van der Waals surface area contributed by atoms with Crippen molar-refractivity contribution in [1.29, 1.82) is 0 Å². The van der Waals surface area contributed by atoms with E-state index in [1.54, 1.807) is 0 Å². The molecule has 0 aliphatic heterocycles. The van der Waals surface area contributed by atoms with Crippen molar-refractivity contribution < 1.29 is 19.7 Å². The Bertz CT molecular complexity index is 140. The highest BCUT2D eigenvalue weighted by Crippen LogP contribution is 1.87. The van der Waals surface area contributed by atoms with Gasteiger partial charge in [-0.05, 0) is 6.42 Å². The van der Waals surface area contributed by atoms with Crippen LogP contribution in [0.5, 0.6) is 0 Å². The van der Waals surface area contributed by atoms with Crippen molar-refractivity contribution in [3.8, 4) is 0 Å². The Morgan fingerprint density at radius 2 is 2.31 bits per heavy atom. The van der Waals surface area contributed by atoms with Crippen LogP contribution >= 0.6 is 0 Å². The van der Waals surface area contributed by atoms with E-state index >= 15 is 0 Å². The van der Waals surface area contributed by atoms with Gasteiger partial charge < -0.3 is 20.3 Å². The molecule has 0 aliphatic rings. The van der Waals surface area contributed by atoms with E-state index in [1.165, 1.54) is 0 Å². The SMILES string of the molecule is CCCCNC(=O)OCC(O)CO. The number of amides is 1. The monoisotopic (exact) mass is 191 g/mol. The molecule has 0 saturated carbocycles. The van der Waals surface area contributed by atoms with Crippen LogP contribution < -0.4 is 5.32 Å². The summed E-state index contributed by atoms with van der Waals surface area (Å²) in [6.45, 7) is 2.02. The second-order valence-corrected chi connectivity index (χ2v) is 2.72. The van der Waals surface area contributed by atoms with Crippen LogP contribution in [0, 0.1) is 0 Å². The van der Waals surface area contributed by atoms with Gasteiger partial charge >= 0.3 is 6.09 Å². The van der Waals surface area contributed by atoms with Gasteiger partial charge in [-0.15, -0.1) is 0 Å². The van der Waals surface area contributed by atoms with E-state index in [9.17, 15) is 4.79 Å². The zero-order chi connectivity index (χ0) is 10.1. The summed E-state index contributed by atoms with van der Waals surface area (Å²) in [5.41, 5.74) is 0. The van der Waals surface area contributed by atoms with E-state index in [0.717, 1.165) is 12.8 Å². The molecule has 0 fully saturated rings. The minimum atomic E-state index is -0.989. The molecule has 0 aromatic heterocycles. The molecule has 0 bridgehead atoms. The highest BCUT2D eigenvalue weighted by molar-refractivity contribution is 5.67. The Hall–Kier alpha value is -0.810. The fourth-order valence-corrected chi connectivity index (χ4v) is 0.643. The van der Waals surface area contributed by atoms with Crippen molar-refractivity contribution in [2.45, 2.75) is 25.9 Å². The third-order valence-corrected chi connectivity index (χ3v) is 1.42. The van der Waals surface area contributed by atoms with E-state index in [2.05, 4.69) is 10.1 Å². The first kappa shape index (κ1) is 12.2. The predicted molar refractivity (Wildman–Crippen MR) is 47.4 cm³/mol. The molecule has 1 amide bonds. The summed E-state index contributed by atoms with van der Waals surface area (Å²) in [6.07, 6.45) is 0.356. The third kappa shape index (κ3) is 7.55. The quantitative estimate of drug-likeness (QED) is 0.511. The van der Waals surface area contributed by atoms with Crippen molar-refractivity contribution >= 4 is 6.09 Å². The maximum absolute atomic E-state index is 10.8. The number of nitrogens with one attached hydrogen (secondary N) is 1. The Kier molecular flexibility index (Phi) is 7.33. The van der Waals surface area contributed by atoms with Crippen LogP contribution in [-0.4, -0.2) is 42.2 Å². The maximum atomic E-state index is 10.8. The lowest BCUT2D eigenvalue weighted by Gasteiger charge is -2.08. The number of hydrogen-bond donors (Lipinski definition) is 3. The van der Waals surface area contributed by atoms with E-state index in [4.69, 9.17) is 10.2 Å². The molecule has 0 aliphatic carbocycles. The van der Waals surface area contributed by atoms with Gasteiger partial charge in [-0.2, -0.15) is 0 Å². The fraction of sp³-hybridized carbons (Fsp3) is 0.875. The summed E-state index contributed by atoms with van der Waals surface area (Å²) in [7, 11) is 0. The van der Waals surface area contributed by atoms with Gasteiger partial charge in [0, 0.05) is 6.54 Å². The number of hydrogen-bond acceptors (Lipinski definition) is 4. The van der Waals surface area contributed by atoms with Crippen molar-refractivity contribution in [1.82, 2.24) is 5.32 Å². The molecule has 13 heavy (non-hydrogen) atoms. The minimum Gasteiger partial charge on any atom is -0.447 e. The molecule has 0 spiro atoms. The molecule has 0 rings (SSSR count). The van der Waals surface area contributed by atoms with Crippen molar-refractivity contribution in [3.05, 3.63) is 0 Å². The summed E-state index contributed by atoms with van der Waals surface area (Å²) >= 11 is 0. The van der Waals surface area contributed by atoms with Gasteiger partial charge in [0.05, 0.1) is 6.61 Å². The van der Waals surface area contributed by atoms with Gasteiger partial charge in [0.2, 0.25) is 0 Å². The Morgan fingerprint density at radius 3 is 2.85 bits per heavy atom. The minimum absolute atomic E-state index is 0.172. The molecule has 5 heteroatoms. The van der Waals surface area contributed by atoms with Crippen LogP contribution in [0.4, 0.5) is 4.79 Å². The van der Waals surface area contributed by atoms with Crippen LogP contribution in [0.2, 0.25) is 0 Å². The number of aliphatic hydroxyl groups is 2. The number of ether oxygens (including phenoxy) is 1. The fourth-order valence-electron chi connectivity index (χ4n) is 0.643. The number of unbranched alkanes of at least 4 members (excludes halogenated alkanes) is 1. The number of rotatable bonds is 6. The van der Waals surface area contributed by atoms with E-state index in [-0.39, 0.29) is 6.61 Å². The van der Waals surface area contributed by atoms with Crippen LogP contribution in [0.25, 0.3) is 0 Å². The van der Waals surface area contributed by atoms with Crippen LogP contribution in [0.15, 0.2) is 0 Å². The van der Waals surface area contributed by atoms with Gasteiger partial charge in [0.1, 0.15) is 12.7 Å².